The van der Waals surface area contributed by atoms with Crippen LogP contribution in [0.15, 0.2) is 47.5 Å². The van der Waals surface area contributed by atoms with Gasteiger partial charge in [0.15, 0.2) is 0 Å². The van der Waals surface area contributed by atoms with Crippen LogP contribution in [0.1, 0.15) is 67.4 Å². The zero-order valence-electron chi connectivity index (χ0n) is 21.0. The molecule has 0 bridgehead atoms. The van der Waals surface area contributed by atoms with Crippen molar-refractivity contribution in [2.24, 2.45) is 10.9 Å². The summed E-state index contributed by atoms with van der Waals surface area (Å²) in [6, 6.07) is 12.2. The van der Waals surface area contributed by atoms with Crippen molar-refractivity contribution in [2.75, 3.05) is 6.54 Å². The Hall–Kier alpha value is -2.90. The normalized spacial score (nSPS) is 22.2. The van der Waals surface area contributed by atoms with E-state index in [0.29, 0.717) is 33.3 Å². The lowest BCUT2D eigenvalue weighted by Crippen LogP contribution is -2.56. The monoisotopic (exact) mass is 543 g/mol. The molecule has 9 heteroatoms. The maximum absolute atomic E-state index is 13.9. The van der Waals surface area contributed by atoms with E-state index in [2.05, 4.69) is 12.2 Å². The van der Waals surface area contributed by atoms with Crippen LogP contribution in [0.3, 0.4) is 0 Å². The number of carboxylic acid groups (broad SMARTS) is 1. The molecule has 0 saturated heterocycles. The Kier molecular flexibility index (Phi) is 8.24. The van der Waals surface area contributed by atoms with Crippen LogP contribution < -0.4 is 5.32 Å². The van der Waals surface area contributed by atoms with Gasteiger partial charge in [0.25, 0.3) is 11.8 Å². The quantitative estimate of drug-likeness (QED) is 0.467. The molecule has 37 heavy (non-hydrogen) atoms. The van der Waals surface area contributed by atoms with Crippen LogP contribution in [-0.2, 0) is 16.0 Å². The minimum Gasteiger partial charge on any atom is -0.481 e. The summed E-state index contributed by atoms with van der Waals surface area (Å²) in [4.78, 5) is 43.9. The third-order valence-electron chi connectivity index (χ3n) is 7.31. The summed E-state index contributed by atoms with van der Waals surface area (Å²) in [5.74, 6) is -1.19. The van der Waals surface area contributed by atoms with Crippen LogP contribution in [0, 0.1) is 5.92 Å². The number of hydrogen-bond donors (Lipinski definition) is 2. The van der Waals surface area contributed by atoms with Gasteiger partial charge in [-0.1, -0.05) is 48.7 Å². The SMILES string of the molecule is CC(Cc1ccc(C(=O)NCCC(=O)O)cc1)N1C(=O)C(c2cc(Cl)cc(Cl)c2)=NC12CCCCC2C. The molecule has 196 valence electrons. The summed E-state index contributed by atoms with van der Waals surface area (Å²) in [7, 11) is 0. The fourth-order valence-electron chi connectivity index (χ4n) is 5.49. The number of aliphatic carboxylic acids is 1. The molecule has 3 unspecified atom stereocenters. The van der Waals surface area contributed by atoms with E-state index in [1.807, 2.05) is 24.0 Å². The number of rotatable bonds is 8. The van der Waals surface area contributed by atoms with Crippen molar-refractivity contribution in [1.29, 1.82) is 0 Å². The third-order valence-corrected chi connectivity index (χ3v) is 7.75. The molecule has 1 saturated carbocycles. The van der Waals surface area contributed by atoms with E-state index < -0.39 is 11.6 Å². The summed E-state index contributed by atoms with van der Waals surface area (Å²) in [5, 5.41) is 12.3. The maximum Gasteiger partial charge on any atom is 0.305 e. The third kappa shape index (κ3) is 5.83. The molecule has 2 N–H and O–H groups in total. The summed E-state index contributed by atoms with van der Waals surface area (Å²) < 4.78 is 0. The largest absolute Gasteiger partial charge is 0.481 e. The lowest BCUT2D eigenvalue weighted by molar-refractivity contribution is -0.137. The molecule has 2 aliphatic rings. The standard InChI is InChI=1S/C28H31Cl2N3O4/c1-17-5-3-4-11-28(17)32-25(21-14-22(29)16-23(30)15-21)27(37)33(28)18(2)13-19-6-8-20(9-7-19)26(36)31-12-10-24(34)35/h6-9,14-18H,3-5,10-13H2,1-2H3,(H,31,36)(H,34,35). The number of benzene rings is 2. The predicted octanol–water partition coefficient (Wildman–Crippen LogP) is 5.37. The van der Waals surface area contributed by atoms with Crippen molar-refractivity contribution in [3.05, 3.63) is 69.2 Å². The average Bonchev–Trinajstić information content (AvgIpc) is 3.13. The molecule has 1 aliphatic carbocycles. The van der Waals surface area contributed by atoms with Crippen LogP contribution in [0.25, 0.3) is 0 Å². The van der Waals surface area contributed by atoms with E-state index in [1.165, 1.54) is 0 Å². The van der Waals surface area contributed by atoms with Gasteiger partial charge >= 0.3 is 5.97 Å². The zero-order valence-corrected chi connectivity index (χ0v) is 22.5. The van der Waals surface area contributed by atoms with Crippen LogP contribution in [-0.4, -0.2) is 51.8 Å². The Morgan fingerprint density at radius 1 is 1.16 bits per heavy atom. The summed E-state index contributed by atoms with van der Waals surface area (Å²) in [5.41, 5.74) is 1.87. The van der Waals surface area contributed by atoms with Gasteiger partial charge in [0.2, 0.25) is 0 Å². The Morgan fingerprint density at radius 2 is 1.84 bits per heavy atom. The topological polar surface area (TPSA) is 99.1 Å². The second-order valence-corrected chi connectivity index (χ2v) is 10.8. The second kappa shape index (κ2) is 11.2. The van der Waals surface area contributed by atoms with Crippen LogP contribution >= 0.6 is 23.2 Å². The number of nitrogens with one attached hydrogen (secondary N) is 1. The second-order valence-electron chi connectivity index (χ2n) is 9.97. The van der Waals surface area contributed by atoms with Gasteiger partial charge in [-0.25, -0.2) is 0 Å². The van der Waals surface area contributed by atoms with E-state index in [0.717, 1.165) is 31.2 Å². The maximum atomic E-state index is 13.9. The Bertz CT molecular complexity index is 1210. The average molecular weight is 544 g/mol. The first kappa shape index (κ1) is 27.1. The van der Waals surface area contributed by atoms with Gasteiger partial charge in [0, 0.05) is 33.8 Å². The Balaban J connectivity index is 1.55. The van der Waals surface area contributed by atoms with Gasteiger partial charge in [-0.2, -0.15) is 0 Å². The van der Waals surface area contributed by atoms with E-state index in [1.54, 1.807) is 30.3 Å². The number of halogens is 2. The summed E-state index contributed by atoms with van der Waals surface area (Å²) in [6.45, 7) is 4.28. The van der Waals surface area contributed by atoms with Gasteiger partial charge < -0.3 is 15.3 Å². The van der Waals surface area contributed by atoms with Gasteiger partial charge in [0.1, 0.15) is 11.4 Å². The molecular weight excluding hydrogens is 513 g/mol. The molecule has 1 fully saturated rings. The first-order valence-electron chi connectivity index (χ1n) is 12.6. The zero-order chi connectivity index (χ0) is 26.7. The highest BCUT2D eigenvalue weighted by Crippen LogP contribution is 2.45. The highest BCUT2D eigenvalue weighted by molar-refractivity contribution is 6.47. The van der Waals surface area contributed by atoms with Crippen molar-refractivity contribution in [2.45, 2.75) is 64.1 Å². The molecule has 1 spiro atoms. The molecular formula is C28H31Cl2N3O4. The molecule has 2 aromatic rings. The van der Waals surface area contributed by atoms with Crippen molar-refractivity contribution in [3.63, 3.8) is 0 Å². The molecule has 7 nitrogen and oxygen atoms in total. The number of amides is 2. The summed E-state index contributed by atoms with van der Waals surface area (Å²) >= 11 is 12.5. The molecule has 0 radical (unpaired) electrons. The first-order valence-corrected chi connectivity index (χ1v) is 13.4. The smallest absolute Gasteiger partial charge is 0.305 e. The number of aliphatic imine (C=N–C) groups is 1. The lowest BCUT2D eigenvalue weighted by Gasteiger charge is -2.46. The fourth-order valence-corrected chi connectivity index (χ4v) is 6.02. The molecule has 2 amide bonds. The van der Waals surface area contributed by atoms with Crippen molar-refractivity contribution < 1.29 is 19.5 Å². The van der Waals surface area contributed by atoms with E-state index >= 15 is 0 Å². The lowest BCUT2D eigenvalue weighted by atomic mass is 9.79. The summed E-state index contributed by atoms with van der Waals surface area (Å²) in [6.07, 6.45) is 4.38. The van der Waals surface area contributed by atoms with Crippen molar-refractivity contribution in [1.82, 2.24) is 10.2 Å². The highest BCUT2D eigenvalue weighted by Gasteiger charge is 2.53. The predicted molar refractivity (Wildman–Crippen MR) is 144 cm³/mol. The number of carbonyl (C=O) groups excluding carboxylic acids is 2. The van der Waals surface area contributed by atoms with E-state index in [-0.39, 0.29) is 36.7 Å². The van der Waals surface area contributed by atoms with Crippen LogP contribution in [0.2, 0.25) is 10.0 Å². The number of nitrogens with zero attached hydrogens (tertiary/aromatic N) is 2. The fraction of sp³-hybridized carbons (Fsp3) is 0.429. The van der Waals surface area contributed by atoms with Gasteiger partial charge in [-0.05, 0) is 74.4 Å². The number of carboxylic acids is 1. The van der Waals surface area contributed by atoms with Gasteiger partial charge in [0.05, 0.1) is 6.42 Å². The van der Waals surface area contributed by atoms with Crippen LogP contribution in [0.5, 0.6) is 0 Å². The minimum atomic E-state index is -0.961. The molecule has 0 aromatic heterocycles. The van der Waals surface area contributed by atoms with E-state index in [9.17, 15) is 14.4 Å². The highest BCUT2D eigenvalue weighted by atomic mass is 35.5. The Labute approximate surface area is 226 Å². The van der Waals surface area contributed by atoms with E-state index in [4.69, 9.17) is 33.3 Å². The van der Waals surface area contributed by atoms with Crippen molar-refractivity contribution >= 4 is 46.7 Å². The molecule has 1 aliphatic heterocycles. The van der Waals surface area contributed by atoms with Gasteiger partial charge in [-0.15, -0.1) is 0 Å². The van der Waals surface area contributed by atoms with Gasteiger partial charge in [-0.3, -0.25) is 19.4 Å². The minimum absolute atomic E-state index is 0.0739. The van der Waals surface area contributed by atoms with Crippen molar-refractivity contribution in [3.8, 4) is 0 Å². The molecule has 1 heterocycles. The molecule has 2 aromatic carbocycles. The Morgan fingerprint density at radius 3 is 2.46 bits per heavy atom. The van der Waals surface area contributed by atoms with Crippen LogP contribution in [0.4, 0.5) is 0 Å². The molecule has 3 atom stereocenters. The number of hydrogen-bond acceptors (Lipinski definition) is 4. The number of carbonyl (C=O) groups is 3. The molecule has 4 rings (SSSR count). The first-order chi connectivity index (χ1) is 17.6.